The van der Waals surface area contributed by atoms with E-state index >= 15 is 0 Å². The third kappa shape index (κ3) is 2.29. The topological polar surface area (TPSA) is 17.1 Å². The van der Waals surface area contributed by atoms with Crippen LogP contribution in [0.3, 0.4) is 0 Å². The first-order chi connectivity index (χ1) is 9.08. The summed E-state index contributed by atoms with van der Waals surface area (Å²) in [6.45, 7) is 1.50. The Morgan fingerprint density at radius 3 is 2.21 bits per heavy atom. The first-order valence-corrected chi connectivity index (χ1v) is 7.94. The van der Waals surface area contributed by atoms with Gasteiger partial charge < -0.3 is 0 Å². The fraction of sp³-hybridized carbons (Fsp3) is 0.0714. The van der Waals surface area contributed by atoms with Gasteiger partial charge in [0.25, 0.3) is 0 Å². The number of ketones is 1. The molecule has 1 nitrogen and oxygen atoms in total. The second-order valence-electron chi connectivity index (χ2n) is 4.09. The SMILES string of the molecule is CC(=O)c1cc(Cl)c2c(c1Cl)Sc1ccccc1S2. The molecular weight excluding hydrogens is 319 g/mol. The number of halogens is 2. The molecule has 5 heteroatoms. The average Bonchev–Trinajstić information content (AvgIpc) is 2.41. The van der Waals surface area contributed by atoms with Gasteiger partial charge >= 0.3 is 0 Å². The predicted octanol–water partition coefficient (Wildman–Crippen LogP) is 5.81. The first kappa shape index (κ1) is 13.4. The van der Waals surface area contributed by atoms with Gasteiger partial charge in [0.05, 0.1) is 10.0 Å². The average molecular weight is 327 g/mol. The number of benzene rings is 2. The highest BCUT2D eigenvalue weighted by molar-refractivity contribution is 8.05. The molecule has 19 heavy (non-hydrogen) atoms. The zero-order valence-electron chi connectivity index (χ0n) is 9.87. The molecule has 0 radical (unpaired) electrons. The monoisotopic (exact) mass is 326 g/mol. The molecule has 0 aliphatic carbocycles. The summed E-state index contributed by atoms with van der Waals surface area (Å²) in [5.41, 5.74) is 0.484. The summed E-state index contributed by atoms with van der Waals surface area (Å²) in [5, 5.41) is 1.08. The van der Waals surface area contributed by atoms with Crippen LogP contribution in [0.4, 0.5) is 0 Å². The Bertz CT molecular complexity index is 698. The van der Waals surface area contributed by atoms with Crippen molar-refractivity contribution >= 4 is 52.5 Å². The van der Waals surface area contributed by atoms with Gasteiger partial charge in [-0.3, -0.25) is 4.79 Å². The van der Waals surface area contributed by atoms with E-state index in [2.05, 4.69) is 6.07 Å². The lowest BCUT2D eigenvalue weighted by Gasteiger charge is -2.21. The molecule has 3 rings (SSSR count). The van der Waals surface area contributed by atoms with Crippen LogP contribution in [0, 0.1) is 0 Å². The fourth-order valence-electron chi connectivity index (χ4n) is 1.87. The number of rotatable bonds is 1. The number of carbonyl (C=O) groups is 1. The number of hydrogen-bond donors (Lipinski definition) is 0. The van der Waals surface area contributed by atoms with E-state index in [0.29, 0.717) is 15.6 Å². The van der Waals surface area contributed by atoms with E-state index in [1.54, 1.807) is 29.6 Å². The van der Waals surface area contributed by atoms with Crippen molar-refractivity contribution in [3.63, 3.8) is 0 Å². The van der Waals surface area contributed by atoms with Gasteiger partial charge in [-0.25, -0.2) is 0 Å². The van der Waals surface area contributed by atoms with Crippen molar-refractivity contribution in [3.8, 4) is 0 Å². The van der Waals surface area contributed by atoms with Gasteiger partial charge in [-0.15, -0.1) is 0 Å². The van der Waals surface area contributed by atoms with Gasteiger partial charge in [0.15, 0.2) is 5.78 Å². The summed E-state index contributed by atoms with van der Waals surface area (Å²) in [6, 6.07) is 9.74. The van der Waals surface area contributed by atoms with Crippen LogP contribution in [-0.4, -0.2) is 5.78 Å². The lowest BCUT2D eigenvalue weighted by molar-refractivity contribution is 0.101. The Morgan fingerprint density at radius 1 is 1.05 bits per heavy atom. The molecule has 0 fully saturated rings. The molecule has 96 valence electrons. The van der Waals surface area contributed by atoms with Crippen molar-refractivity contribution < 1.29 is 4.79 Å². The zero-order valence-corrected chi connectivity index (χ0v) is 13.0. The number of Topliss-reactive ketones (excluding diaryl/α,β-unsaturated/α-hetero) is 1. The van der Waals surface area contributed by atoms with Crippen LogP contribution in [-0.2, 0) is 0 Å². The summed E-state index contributed by atoms with van der Waals surface area (Å²) in [7, 11) is 0. The van der Waals surface area contributed by atoms with Crippen molar-refractivity contribution in [3.05, 3.63) is 45.9 Å². The van der Waals surface area contributed by atoms with Crippen molar-refractivity contribution in [2.24, 2.45) is 0 Å². The van der Waals surface area contributed by atoms with Crippen molar-refractivity contribution in [1.29, 1.82) is 0 Å². The van der Waals surface area contributed by atoms with Gasteiger partial charge in [-0.1, -0.05) is 58.9 Å². The lowest BCUT2D eigenvalue weighted by atomic mass is 10.1. The van der Waals surface area contributed by atoms with Crippen LogP contribution in [0.15, 0.2) is 49.9 Å². The summed E-state index contributed by atoms with van der Waals surface area (Å²) >= 11 is 15.8. The third-order valence-electron chi connectivity index (χ3n) is 2.78. The van der Waals surface area contributed by atoms with Gasteiger partial charge in [0.2, 0.25) is 0 Å². The van der Waals surface area contributed by atoms with Gasteiger partial charge in [0, 0.05) is 25.1 Å². The largest absolute Gasteiger partial charge is 0.294 e. The van der Waals surface area contributed by atoms with Crippen LogP contribution in [0.2, 0.25) is 10.0 Å². The molecule has 2 aromatic rings. The smallest absolute Gasteiger partial charge is 0.161 e. The molecule has 0 N–H and O–H groups in total. The summed E-state index contributed by atoms with van der Waals surface area (Å²) in [5.74, 6) is -0.0702. The second-order valence-corrected chi connectivity index (χ2v) is 6.97. The minimum atomic E-state index is -0.0702. The molecule has 1 aliphatic heterocycles. The quantitative estimate of drug-likeness (QED) is 0.525. The van der Waals surface area contributed by atoms with Gasteiger partial charge in [-0.05, 0) is 25.1 Å². The van der Waals surface area contributed by atoms with Crippen molar-refractivity contribution in [2.45, 2.75) is 26.5 Å². The minimum absolute atomic E-state index is 0.0702. The van der Waals surface area contributed by atoms with E-state index in [1.807, 2.05) is 18.2 Å². The Balaban J connectivity index is 2.20. The molecule has 0 spiro atoms. The van der Waals surface area contributed by atoms with Crippen LogP contribution in [0.5, 0.6) is 0 Å². The first-order valence-electron chi connectivity index (χ1n) is 5.55. The molecule has 1 aliphatic rings. The molecule has 0 unspecified atom stereocenters. The Hall–Kier alpha value is -0.610. The Kier molecular flexibility index (Phi) is 3.56. The molecule has 0 aromatic heterocycles. The molecule has 0 saturated heterocycles. The highest BCUT2D eigenvalue weighted by Gasteiger charge is 2.24. The number of carbonyl (C=O) groups excluding carboxylic acids is 1. The van der Waals surface area contributed by atoms with E-state index < -0.39 is 0 Å². The fourth-order valence-corrected chi connectivity index (χ4v) is 5.02. The summed E-state index contributed by atoms with van der Waals surface area (Å²) in [4.78, 5) is 15.7. The van der Waals surface area contributed by atoms with E-state index in [-0.39, 0.29) is 5.78 Å². The summed E-state index contributed by atoms with van der Waals surface area (Å²) in [6.07, 6.45) is 0. The number of fused-ring (bicyclic) bond motifs is 2. The molecular formula is C14H8Cl2OS2. The molecule has 0 atom stereocenters. The maximum atomic E-state index is 11.6. The van der Waals surface area contributed by atoms with Crippen LogP contribution < -0.4 is 0 Å². The molecule has 0 amide bonds. The van der Waals surface area contributed by atoms with E-state index in [0.717, 1.165) is 19.6 Å². The molecule has 0 bridgehead atoms. The predicted molar refractivity (Wildman–Crippen MR) is 81.2 cm³/mol. The zero-order chi connectivity index (χ0) is 13.6. The van der Waals surface area contributed by atoms with Gasteiger partial charge in [0.1, 0.15) is 0 Å². The summed E-state index contributed by atoms with van der Waals surface area (Å²) < 4.78 is 0. The minimum Gasteiger partial charge on any atom is -0.294 e. The molecule has 1 heterocycles. The van der Waals surface area contributed by atoms with E-state index in [4.69, 9.17) is 23.2 Å². The normalized spacial score (nSPS) is 12.8. The van der Waals surface area contributed by atoms with Crippen LogP contribution >= 0.6 is 46.7 Å². The molecule has 0 saturated carbocycles. The standard InChI is InChI=1S/C14H8Cl2OS2/c1-7(17)8-6-9(15)13-14(12(8)16)19-11-5-3-2-4-10(11)18-13/h2-6H,1H3. The van der Waals surface area contributed by atoms with E-state index in [1.165, 1.54) is 6.92 Å². The second kappa shape index (κ2) is 5.06. The highest BCUT2D eigenvalue weighted by Crippen LogP contribution is 2.54. The number of hydrogen-bond acceptors (Lipinski definition) is 3. The maximum absolute atomic E-state index is 11.6. The van der Waals surface area contributed by atoms with Crippen LogP contribution in [0.25, 0.3) is 0 Å². The van der Waals surface area contributed by atoms with E-state index in [9.17, 15) is 4.79 Å². The maximum Gasteiger partial charge on any atom is 0.161 e. The van der Waals surface area contributed by atoms with Crippen molar-refractivity contribution in [2.75, 3.05) is 0 Å². The van der Waals surface area contributed by atoms with Gasteiger partial charge in [-0.2, -0.15) is 0 Å². The Morgan fingerprint density at radius 2 is 1.63 bits per heavy atom. The Labute approximate surface area is 129 Å². The van der Waals surface area contributed by atoms with Crippen LogP contribution in [0.1, 0.15) is 17.3 Å². The molecule has 2 aromatic carbocycles. The lowest BCUT2D eigenvalue weighted by Crippen LogP contribution is -1.99. The third-order valence-corrected chi connectivity index (χ3v) is 6.35. The van der Waals surface area contributed by atoms with Crippen molar-refractivity contribution in [1.82, 2.24) is 0 Å². The highest BCUT2D eigenvalue weighted by atomic mass is 35.5.